The summed E-state index contributed by atoms with van der Waals surface area (Å²) in [4.78, 5) is 2.58. The Morgan fingerprint density at radius 1 is 1.07 bits per heavy atom. The molecule has 1 N–H and O–H groups in total. The van der Waals surface area contributed by atoms with E-state index in [4.69, 9.17) is 0 Å². The summed E-state index contributed by atoms with van der Waals surface area (Å²) in [6.45, 7) is 15.5. The maximum atomic E-state index is 11.5. The van der Waals surface area contributed by atoms with E-state index >= 15 is 0 Å². The average molecular weight is 368 g/mol. The molecule has 27 heavy (non-hydrogen) atoms. The standard InChI is InChI=1S/C25H37NO/c1-22(2,3)25(27,20-12-8-7-9-13-20)14-10-11-15-26-19-24(6)17-21(26)16-23(4,5)18-24/h7-9,12-13,21,27H,14-19H2,1-6H3/t21-,24-,25-/m1/s1. The first-order valence-electron chi connectivity index (χ1n) is 10.4. The fraction of sp³-hybridized carbons (Fsp3) is 0.680. The van der Waals surface area contributed by atoms with Crippen molar-refractivity contribution in [2.45, 2.75) is 78.9 Å². The quantitative estimate of drug-likeness (QED) is 0.741. The van der Waals surface area contributed by atoms with Gasteiger partial charge in [0.1, 0.15) is 5.60 Å². The van der Waals surface area contributed by atoms with Crippen molar-refractivity contribution in [2.75, 3.05) is 13.1 Å². The molecule has 3 atom stereocenters. The van der Waals surface area contributed by atoms with E-state index in [2.05, 4.69) is 58.3 Å². The van der Waals surface area contributed by atoms with Gasteiger partial charge in [-0.2, -0.15) is 0 Å². The number of hydrogen-bond donors (Lipinski definition) is 1. The van der Waals surface area contributed by atoms with Crippen molar-refractivity contribution in [3.63, 3.8) is 0 Å². The van der Waals surface area contributed by atoms with Crippen molar-refractivity contribution in [1.29, 1.82) is 0 Å². The van der Waals surface area contributed by atoms with Crippen molar-refractivity contribution < 1.29 is 5.11 Å². The normalized spacial score (nSPS) is 29.7. The summed E-state index contributed by atoms with van der Waals surface area (Å²) < 4.78 is 0. The highest BCUT2D eigenvalue weighted by molar-refractivity contribution is 5.27. The zero-order valence-electron chi connectivity index (χ0n) is 18.1. The SMILES string of the molecule is CC1(C)C[C@@H]2C[C@@](C)(CN2CC#CC[C@@](O)(c2ccccc2)C(C)(C)C)C1. The third-order valence-corrected chi connectivity index (χ3v) is 6.77. The van der Waals surface area contributed by atoms with Gasteiger partial charge in [0.2, 0.25) is 0 Å². The Kier molecular flexibility index (Phi) is 5.26. The molecule has 1 heterocycles. The molecule has 1 aromatic carbocycles. The second-order valence-electron chi connectivity index (χ2n) is 11.1. The lowest BCUT2D eigenvalue weighted by molar-refractivity contribution is -0.0599. The number of likely N-dealkylation sites (tertiary alicyclic amines) is 1. The van der Waals surface area contributed by atoms with Crippen LogP contribution in [0.25, 0.3) is 0 Å². The van der Waals surface area contributed by atoms with Crippen LogP contribution in [0.1, 0.15) is 72.8 Å². The van der Waals surface area contributed by atoms with E-state index in [1.807, 2.05) is 30.3 Å². The zero-order valence-corrected chi connectivity index (χ0v) is 18.1. The molecule has 0 amide bonds. The van der Waals surface area contributed by atoms with Crippen LogP contribution in [0, 0.1) is 28.1 Å². The lowest BCUT2D eigenvalue weighted by atomic mass is 9.65. The van der Waals surface area contributed by atoms with Crippen LogP contribution in [0.2, 0.25) is 0 Å². The maximum absolute atomic E-state index is 11.5. The molecule has 1 saturated carbocycles. The van der Waals surface area contributed by atoms with Crippen LogP contribution in [-0.2, 0) is 5.60 Å². The summed E-state index contributed by atoms with van der Waals surface area (Å²) in [7, 11) is 0. The van der Waals surface area contributed by atoms with Gasteiger partial charge in [-0.05, 0) is 41.1 Å². The summed E-state index contributed by atoms with van der Waals surface area (Å²) in [6, 6.07) is 10.7. The predicted molar refractivity (Wildman–Crippen MR) is 113 cm³/mol. The van der Waals surface area contributed by atoms with E-state index in [0.29, 0.717) is 23.3 Å². The first-order chi connectivity index (χ1) is 12.4. The topological polar surface area (TPSA) is 23.5 Å². The van der Waals surface area contributed by atoms with Gasteiger partial charge in [-0.3, -0.25) is 4.90 Å². The Morgan fingerprint density at radius 2 is 1.74 bits per heavy atom. The molecule has 0 radical (unpaired) electrons. The van der Waals surface area contributed by atoms with Gasteiger partial charge < -0.3 is 5.11 Å². The summed E-state index contributed by atoms with van der Waals surface area (Å²) >= 11 is 0. The molecule has 2 aliphatic rings. The number of benzene rings is 1. The van der Waals surface area contributed by atoms with Gasteiger partial charge in [0.25, 0.3) is 0 Å². The molecule has 0 unspecified atom stereocenters. The minimum atomic E-state index is -0.934. The molecule has 0 aromatic heterocycles. The van der Waals surface area contributed by atoms with E-state index in [0.717, 1.165) is 18.7 Å². The van der Waals surface area contributed by atoms with Crippen LogP contribution in [0.4, 0.5) is 0 Å². The molecule has 1 saturated heterocycles. The Bertz CT molecular complexity index is 720. The third-order valence-electron chi connectivity index (χ3n) is 6.77. The molecular weight excluding hydrogens is 330 g/mol. The van der Waals surface area contributed by atoms with Crippen LogP contribution in [0.3, 0.4) is 0 Å². The van der Waals surface area contributed by atoms with E-state index in [1.54, 1.807) is 0 Å². The Morgan fingerprint density at radius 3 is 2.37 bits per heavy atom. The molecule has 148 valence electrons. The monoisotopic (exact) mass is 367 g/mol. The molecular formula is C25H37NO. The van der Waals surface area contributed by atoms with Crippen molar-refractivity contribution in [1.82, 2.24) is 4.90 Å². The largest absolute Gasteiger partial charge is 0.384 e. The molecule has 0 spiro atoms. The van der Waals surface area contributed by atoms with Gasteiger partial charge in [-0.15, -0.1) is 0 Å². The minimum Gasteiger partial charge on any atom is -0.384 e. The predicted octanol–water partition coefficient (Wildman–Crippen LogP) is 5.21. The first-order valence-corrected chi connectivity index (χ1v) is 10.4. The second kappa shape index (κ2) is 6.94. The molecule has 3 rings (SSSR count). The van der Waals surface area contributed by atoms with E-state index < -0.39 is 5.60 Å². The second-order valence-corrected chi connectivity index (χ2v) is 11.1. The molecule has 1 aromatic rings. The lowest BCUT2D eigenvalue weighted by Gasteiger charge is -2.40. The van der Waals surface area contributed by atoms with Gasteiger partial charge in [-0.1, -0.05) is 83.7 Å². The molecule has 1 aliphatic carbocycles. The molecule has 2 heteroatoms. The zero-order chi connectivity index (χ0) is 19.9. The van der Waals surface area contributed by atoms with Crippen molar-refractivity contribution in [3.8, 4) is 11.8 Å². The molecule has 2 bridgehead atoms. The van der Waals surface area contributed by atoms with Gasteiger partial charge >= 0.3 is 0 Å². The van der Waals surface area contributed by atoms with Crippen LogP contribution in [0.5, 0.6) is 0 Å². The Labute approximate surface area is 166 Å². The van der Waals surface area contributed by atoms with E-state index in [9.17, 15) is 5.11 Å². The first kappa shape index (κ1) is 20.4. The third kappa shape index (κ3) is 4.25. The average Bonchev–Trinajstić information content (AvgIpc) is 2.79. The summed E-state index contributed by atoms with van der Waals surface area (Å²) in [5.74, 6) is 6.73. The van der Waals surface area contributed by atoms with Crippen LogP contribution >= 0.6 is 0 Å². The summed E-state index contributed by atoms with van der Waals surface area (Å²) in [5.41, 5.74) is 0.642. The van der Waals surface area contributed by atoms with Crippen molar-refractivity contribution in [2.24, 2.45) is 16.2 Å². The fourth-order valence-electron chi connectivity index (χ4n) is 5.62. The number of rotatable bonds is 3. The molecule has 2 nitrogen and oxygen atoms in total. The highest BCUT2D eigenvalue weighted by atomic mass is 16.3. The molecule has 2 fully saturated rings. The van der Waals surface area contributed by atoms with Gasteiger partial charge in [0.15, 0.2) is 0 Å². The van der Waals surface area contributed by atoms with Gasteiger partial charge in [-0.25, -0.2) is 0 Å². The number of hydrogen-bond acceptors (Lipinski definition) is 2. The number of fused-ring (bicyclic) bond motifs is 2. The summed E-state index contributed by atoms with van der Waals surface area (Å²) in [6.07, 6.45) is 4.38. The van der Waals surface area contributed by atoms with Crippen LogP contribution in [0.15, 0.2) is 30.3 Å². The highest BCUT2D eigenvalue weighted by Crippen LogP contribution is 2.52. The summed E-state index contributed by atoms with van der Waals surface area (Å²) in [5, 5.41) is 11.5. The lowest BCUT2D eigenvalue weighted by Crippen LogP contribution is -2.39. The maximum Gasteiger partial charge on any atom is 0.105 e. The Hall–Kier alpha value is -1.30. The van der Waals surface area contributed by atoms with Crippen molar-refractivity contribution >= 4 is 0 Å². The fourth-order valence-corrected chi connectivity index (χ4v) is 5.62. The van der Waals surface area contributed by atoms with Crippen LogP contribution in [-0.4, -0.2) is 29.1 Å². The van der Waals surface area contributed by atoms with E-state index in [1.165, 1.54) is 19.3 Å². The molecule has 1 aliphatic heterocycles. The van der Waals surface area contributed by atoms with Gasteiger partial charge in [0.05, 0.1) is 6.54 Å². The highest BCUT2D eigenvalue weighted by Gasteiger charge is 2.49. The minimum absolute atomic E-state index is 0.273. The number of aliphatic hydroxyl groups is 1. The van der Waals surface area contributed by atoms with Gasteiger partial charge in [0, 0.05) is 19.0 Å². The van der Waals surface area contributed by atoms with Crippen LogP contribution < -0.4 is 0 Å². The number of nitrogens with zero attached hydrogens (tertiary/aromatic N) is 1. The van der Waals surface area contributed by atoms with E-state index in [-0.39, 0.29) is 5.41 Å². The smallest absolute Gasteiger partial charge is 0.105 e. The van der Waals surface area contributed by atoms with Crippen molar-refractivity contribution in [3.05, 3.63) is 35.9 Å². The Balaban J connectivity index is 1.69.